The van der Waals surface area contributed by atoms with Crippen molar-refractivity contribution in [2.45, 2.75) is 38.0 Å². The van der Waals surface area contributed by atoms with Crippen molar-refractivity contribution in [3.8, 4) is 12.8 Å². The minimum Gasteiger partial charge on any atom is -0.340 e. The van der Waals surface area contributed by atoms with E-state index in [1.807, 2.05) is 22.8 Å². The maximum atomic E-state index is 9.70. The van der Waals surface area contributed by atoms with Gasteiger partial charge >= 0.3 is 0 Å². The maximum absolute atomic E-state index is 9.70. The molecule has 1 amide bonds. The number of hydrogen-bond acceptors (Lipinski definition) is 9. The highest BCUT2D eigenvalue weighted by molar-refractivity contribution is 7.09. The first-order valence-corrected chi connectivity index (χ1v) is 11.7. The summed E-state index contributed by atoms with van der Waals surface area (Å²) in [5.41, 5.74) is 2.44. The zero-order valence-electron chi connectivity index (χ0n) is 18.8. The molecule has 12 heteroatoms. The quantitative estimate of drug-likeness (QED) is 0.285. The highest BCUT2D eigenvalue weighted by Crippen LogP contribution is 2.47. The van der Waals surface area contributed by atoms with Gasteiger partial charge in [-0.1, -0.05) is 6.92 Å². The lowest BCUT2D eigenvalue weighted by Crippen LogP contribution is -2.22. The van der Waals surface area contributed by atoms with Gasteiger partial charge in [0, 0.05) is 48.0 Å². The standard InChI is InChI=1S/C17H21N7.C3H3N3OS.C2H2/c1-17(6-7-17)13-11-14(21-20-13)18-15-12-5-4-10-24(12)22-16(19-15)23-8-2-3-9-23;7-2-5-3-4-1-6-8-3;1-2/h4-5,10-11H,2-3,6-9H2,1H3,(H2,18,19,20,21,22);1-2H,(H,4,5,6,7);1-2H. The van der Waals surface area contributed by atoms with E-state index < -0.39 is 0 Å². The summed E-state index contributed by atoms with van der Waals surface area (Å²) in [5.74, 6) is 2.40. The summed E-state index contributed by atoms with van der Waals surface area (Å²) in [4.78, 5) is 20.4. The van der Waals surface area contributed by atoms with Gasteiger partial charge in [-0.3, -0.25) is 9.89 Å². The summed E-state index contributed by atoms with van der Waals surface area (Å²) in [6, 6.07) is 6.11. The van der Waals surface area contributed by atoms with Crippen molar-refractivity contribution in [1.82, 2.24) is 34.2 Å². The molecule has 2 aliphatic rings. The number of nitrogens with zero attached hydrogens (tertiary/aromatic N) is 7. The Labute approximate surface area is 201 Å². The van der Waals surface area contributed by atoms with E-state index in [1.165, 1.54) is 37.7 Å². The van der Waals surface area contributed by atoms with Crippen molar-refractivity contribution in [2.75, 3.05) is 28.6 Å². The molecule has 0 unspecified atom stereocenters. The summed E-state index contributed by atoms with van der Waals surface area (Å²) >= 11 is 1.14. The van der Waals surface area contributed by atoms with Crippen molar-refractivity contribution in [3.05, 3.63) is 36.4 Å². The number of carbonyl (C=O) groups is 1. The molecule has 2 fully saturated rings. The third-order valence-corrected chi connectivity index (χ3v) is 6.38. The van der Waals surface area contributed by atoms with Gasteiger partial charge in [-0.05, 0) is 37.8 Å². The molecule has 3 N–H and O–H groups in total. The zero-order chi connectivity index (χ0) is 24.0. The van der Waals surface area contributed by atoms with Crippen molar-refractivity contribution in [3.63, 3.8) is 0 Å². The van der Waals surface area contributed by atoms with Gasteiger partial charge in [-0.2, -0.15) is 14.5 Å². The summed E-state index contributed by atoms with van der Waals surface area (Å²) in [6.07, 6.45) is 16.8. The Morgan fingerprint density at radius 2 is 2.06 bits per heavy atom. The third kappa shape index (κ3) is 5.15. The van der Waals surface area contributed by atoms with Crippen LogP contribution in [0, 0.1) is 12.8 Å². The first-order valence-electron chi connectivity index (χ1n) is 10.9. The molecular formula is C22H26N10OS. The normalized spacial score (nSPS) is 15.6. The number of amides is 1. The lowest BCUT2D eigenvalue weighted by molar-refractivity contribution is -0.105. The van der Waals surface area contributed by atoms with Crippen molar-refractivity contribution in [2.24, 2.45) is 0 Å². The SMILES string of the molecule is C#C.CC1(c2cc(Nc3nc(N4CCCC4)nn4cccc34)n[nH]2)CC1.O=CNc1ncns1. The minimum absolute atomic E-state index is 0.281. The van der Waals surface area contributed by atoms with E-state index in [-0.39, 0.29) is 5.41 Å². The molecule has 4 aromatic heterocycles. The molecule has 0 radical (unpaired) electrons. The number of aromatic amines is 1. The van der Waals surface area contributed by atoms with Gasteiger partial charge in [0.1, 0.15) is 11.8 Å². The monoisotopic (exact) mass is 478 g/mol. The van der Waals surface area contributed by atoms with E-state index in [2.05, 4.69) is 66.0 Å². The number of fused-ring (bicyclic) bond motifs is 1. The number of nitrogens with one attached hydrogen (secondary N) is 3. The molecule has 11 nitrogen and oxygen atoms in total. The number of hydrogen-bond donors (Lipinski definition) is 3. The number of terminal acetylenes is 1. The molecule has 1 saturated carbocycles. The van der Waals surface area contributed by atoms with Gasteiger partial charge in [0.2, 0.25) is 17.5 Å². The second-order valence-electron chi connectivity index (χ2n) is 8.15. The summed E-state index contributed by atoms with van der Waals surface area (Å²) in [5, 5.41) is 18.5. The fraction of sp³-hybridized carbons (Fsp3) is 0.364. The fourth-order valence-electron chi connectivity index (χ4n) is 3.63. The highest BCUT2D eigenvalue weighted by Gasteiger charge is 2.40. The molecule has 4 aromatic rings. The van der Waals surface area contributed by atoms with Gasteiger partial charge in [-0.15, -0.1) is 17.9 Å². The predicted molar refractivity (Wildman–Crippen MR) is 132 cm³/mol. The van der Waals surface area contributed by atoms with Crippen LogP contribution in [0.25, 0.3) is 5.52 Å². The maximum Gasteiger partial charge on any atom is 0.245 e. The van der Waals surface area contributed by atoms with Crippen LogP contribution in [0.3, 0.4) is 0 Å². The van der Waals surface area contributed by atoms with Crippen LogP contribution >= 0.6 is 11.5 Å². The Kier molecular flexibility index (Phi) is 7.03. The number of anilines is 4. The predicted octanol–water partition coefficient (Wildman–Crippen LogP) is 3.20. The Morgan fingerprint density at radius 3 is 2.74 bits per heavy atom. The molecule has 1 saturated heterocycles. The van der Waals surface area contributed by atoms with E-state index >= 15 is 0 Å². The van der Waals surface area contributed by atoms with Crippen LogP contribution in [0.4, 0.5) is 22.7 Å². The largest absolute Gasteiger partial charge is 0.340 e. The Bertz CT molecular complexity index is 1240. The third-order valence-electron chi connectivity index (χ3n) is 5.79. The Balaban J connectivity index is 0.000000232. The van der Waals surface area contributed by atoms with Crippen molar-refractivity contribution < 1.29 is 4.79 Å². The van der Waals surface area contributed by atoms with Crippen LogP contribution in [-0.2, 0) is 10.2 Å². The second-order valence-corrected chi connectivity index (χ2v) is 8.93. The lowest BCUT2D eigenvalue weighted by atomic mass is 10.1. The smallest absolute Gasteiger partial charge is 0.245 e. The molecular weight excluding hydrogens is 452 g/mol. The van der Waals surface area contributed by atoms with Gasteiger partial charge < -0.3 is 15.5 Å². The summed E-state index contributed by atoms with van der Waals surface area (Å²) in [7, 11) is 0. The summed E-state index contributed by atoms with van der Waals surface area (Å²) < 4.78 is 5.54. The van der Waals surface area contributed by atoms with E-state index in [9.17, 15) is 4.79 Å². The number of rotatable bonds is 6. The second kappa shape index (κ2) is 10.3. The molecule has 0 atom stereocenters. The molecule has 0 bridgehead atoms. The van der Waals surface area contributed by atoms with Gasteiger partial charge in [0.05, 0.1) is 0 Å². The van der Waals surface area contributed by atoms with Crippen LogP contribution in [0.5, 0.6) is 0 Å². The molecule has 34 heavy (non-hydrogen) atoms. The topological polar surface area (TPSA) is 129 Å². The van der Waals surface area contributed by atoms with E-state index in [4.69, 9.17) is 4.98 Å². The van der Waals surface area contributed by atoms with Crippen LogP contribution in [0.15, 0.2) is 30.7 Å². The molecule has 0 spiro atoms. The Morgan fingerprint density at radius 1 is 1.26 bits per heavy atom. The van der Waals surface area contributed by atoms with E-state index in [0.717, 1.165) is 47.7 Å². The number of carbonyl (C=O) groups excluding carboxylic acids is 1. The zero-order valence-corrected chi connectivity index (χ0v) is 19.6. The Hall–Kier alpha value is -3.98. The fourth-order valence-corrected chi connectivity index (χ4v) is 4.02. The van der Waals surface area contributed by atoms with Crippen LogP contribution in [0.2, 0.25) is 0 Å². The van der Waals surface area contributed by atoms with Crippen molar-refractivity contribution >= 4 is 46.2 Å². The molecule has 5 heterocycles. The molecule has 0 aromatic carbocycles. The average Bonchev–Trinajstić information content (AvgIpc) is 3.48. The molecule has 1 aliphatic carbocycles. The van der Waals surface area contributed by atoms with Crippen LogP contribution in [-0.4, -0.2) is 53.7 Å². The lowest BCUT2D eigenvalue weighted by Gasteiger charge is -2.16. The van der Waals surface area contributed by atoms with E-state index in [0.29, 0.717) is 11.5 Å². The minimum atomic E-state index is 0.281. The average molecular weight is 479 g/mol. The summed E-state index contributed by atoms with van der Waals surface area (Å²) in [6.45, 7) is 4.32. The first kappa shape index (κ1) is 23.2. The van der Waals surface area contributed by atoms with Crippen LogP contribution < -0.4 is 15.5 Å². The number of H-pyrrole nitrogens is 1. The highest BCUT2D eigenvalue weighted by atomic mass is 32.1. The molecule has 176 valence electrons. The van der Waals surface area contributed by atoms with Crippen LogP contribution in [0.1, 0.15) is 38.3 Å². The van der Waals surface area contributed by atoms with Gasteiger partial charge in [0.25, 0.3) is 0 Å². The van der Waals surface area contributed by atoms with Gasteiger partial charge in [-0.25, -0.2) is 9.50 Å². The van der Waals surface area contributed by atoms with Crippen molar-refractivity contribution in [1.29, 1.82) is 0 Å². The number of aromatic nitrogens is 7. The van der Waals surface area contributed by atoms with E-state index in [1.54, 1.807) is 0 Å². The first-order chi connectivity index (χ1) is 16.6. The molecule has 1 aliphatic heterocycles. The van der Waals surface area contributed by atoms with Gasteiger partial charge in [0.15, 0.2) is 11.6 Å². The molecule has 6 rings (SSSR count).